The van der Waals surface area contributed by atoms with Crippen molar-refractivity contribution in [3.63, 3.8) is 0 Å². The van der Waals surface area contributed by atoms with Crippen molar-refractivity contribution in [2.45, 2.75) is 19.1 Å². The maximum absolute atomic E-state index is 12.2. The molecule has 1 N–H and O–H groups in total. The molecule has 0 saturated heterocycles. The predicted molar refractivity (Wildman–Crippen MR) is 55.1 cm³/mol. The molecule has 0 atom stereocenters. The number of rotatable bonds is 5. The van der Waals surface area contributed by atoms with Crippen LogP contribution in [0.5, 0.6) is 0 Å². The van der Waals surface area contributed by atoms with Crippen LogP contribution in [0.1, 0.15) is 12.1 Å². The molecular formula is C10H12F3N3O. The van der Waals surface area contributed by atoms with Gasteiger partial charge in [-0.25, -0.2) is 0 Å². The molecule has 0 spiro atoms. The van der Waals surface area contributed by atoms with Gasteiger partial charge in [0, 0.05) is 12.7 Å². The van der Waals surface area contributed by atoms with Gasteiger partial charge in [0.05, 0.1) is 0 Å². The molecule has 17 heavy (non-hydrogen) atoms. The summed E-state index contributed by atoms with van der Waals surface area (Å²) in [4.78, 5) is 11.3. The third kappa shape index (κ3) is 4.29. The van der Waals surface area contributed by atoms with Gasteiger partial charge in [0.25, 0.3) is 0 Å². The van der Waals surface area contributed by atoms with Crippen LogP contribution < -0.4 is 5.32 Å². The molecule has 0 saturated carbocycles. The Bertz CT molecular complexity index is 398. The third-order valence-corrected chi connectivity index (χ3v) is 1.91. The fourth-order valence-corrected chi connectivity index (χ4v) is 1.12. The van der Waals surface area contributed by atoms with E-state index in [1.54, 1.807) is 6.08 Å². The molecule has 7 heteroatoms. The first-order chi connectivity index (χ1) is 7.93. The number of hydrogen-bond acceptors (Lipinski definition) is 2. The standard InChI is InChI=1S/C10H12F3N3O/c1-2-3-5-14-9(17)7-16-6-4-8(15-16)10(11,12)13/h2,4,6H,1,3,5,7H2,(H,14,17). The molecule has 0 aliphatic rings. The molecule has 4 nitrogen and oxygen atoms in total. The molecule has 0 aliphatic carbocycles. The van der Waals surface area contributed by atoms with Crippen LogP contribution in [0.2, 0.25) is 0 Å². The molecule has 1 heterocycles. The summed E-state index contributed by atoms with van der Waals surface area (Å²) in [7, 11) is 0. The second-order valence-corrected chi connectivity index (χ2v) is 3.32. The summed E-state index contributed by atoms with van der Waals surface area (Å²) in [6, 6.07) is 0.830. The van der Waals surface area contributed by atoms with Crippen LogP contribution in [0, 0.1) is 0 Å². The van der Waals surface area contributed by atoms with E-state index in [1.807, 2.05) is 0 Å². The van der Waals surface area contributed by atoms with E-state index in [4.69, 9.17) is 0 Å². The minimum atomic E-state index is -4.48. The van der Waals surface area contributed by atoms with Crippen molar-refractivity contribution in [1.29, 1.82) is 0 Å². The van der Waals surface area contributed by atoms with Crippen LogP contribution in [-0.4, -0.2) is 22.2 Å². The van der Waals surface area contributed by atoms with Crippen molar-refractivity contribution in [3.05, 3.63) is 30.6 Å². The van der Waals surface area contributed by atoms with Crippen molar-refractivity contribution in [3.8, 4) is 0 Å². The van der Waals surface area contributed by atoms with Crippen LogP contribution >= 0.6 is 0 Å². The fourth-order valence-electron chi connectivity index (χ4n) is 1.12. The molecule has 0 fully saturated rings. The molecule has 0 radical (unpaired) electrons. The summed E-state index contributed by atoms with van der Waals surface area (Å²) in [6.45, 7) is 3.66. The number of carbonyl (C=O) groups is 1. The van der Waals surface area contributed by atoms with Crippen LogP contribution in [0.4, 0.5) is 13.2 Å². The highest BCUT2D eigenvalue weighted by Crippen LogP contribution is 2.27. The summed E-state index contributed by atoms with van der Waals surface area (Å²) >= 11 is 0. The monoisotopic (exact) mass is 247 g/mol. The molecule has 1 rings (SSSR count). The number of aromatic nitrogens is 2. The molecule has 1 amide bonds. The van der Waals surface area contributed by atoms with Gasteiger partial charge in [0.1, 0.15) is 6.54 Å². The molecule has 0 aliphatic heterocycles. The van der Waals surface area contributed by atoms with Crippen molar-refractivity contribution in [2.24, 2.45) is 0 Å². The minimum absolute atomic E-state index is 0.229. The zero-order chi connectivity index (χ0) is 12.9. The highest BCUT2D eigenvalue weighted by molar-refractivity contribution is 5.75. The van der Waals surface area contributed by atoms with Crippen LogP contribution in [0.25, 0.3) is 0 Å². The number of carbonyl (C=O) groups excluding carboxylic acids is 1. The van der Waals surface area contributed by atoms with Crippen LogP contribution in [0.3, 0.4) is 0 Å². The van der Waals surface area contributed by atoms with Gasteiger partial charge in [-0.05, 0) is 12.5 Å². The highest BCUT2D eigenvalue weighted by Gasteiger charge is 2.33. The largest absolute Gasteiger partial charge is 0.435 e. The van der Waals surface area contributed by atoms with E-state index in [0.29, 0.717) is 13.0 Å². The lowest BCUT2D eigenvalue weighted by Crippen LogP contribution is -2.28. The van der Waals surface area contributed by atoms with Gasteiger partial charge in [-0.2, -0.15) is 18.3 Å². The van der Waals surface area contributed by atoms with Gasteiger partial charge in [0.2, 0.25) is 5.91 Å². The Hall–Kier alpha value is -1.79. The van der Waals surface area contributed by atoms with Gasteiger partial charge < -0.3 is 5.32 Å². The lowest BCUT2D eigenvalue weighted by atomic mass is 10.4. The average Bonchev–Trinajstić information content (AvgIpc) is 2.66. The van der Waals surface area contributed by atoms with Crippen molar-refractivity contribution in [1.82, 2.24) is 15.1 Å². The summed E-state index contributed by atoms with van der Waals surface area (Å²) in [6.07, 6.45) is -1.12. The lowest BCUT2D eigenvalue weighted by Gasteiger charge is -2.04. The lowest BCUT2D eigenvalue weighted by molar-refractivity contribution is -0.141. The Balaban J connectivity index is 2.49. The van der Waals surface area contributed by atoms with Crippen molar-refractivity contribution in [2.75, 3.05) is 6.54 Å². The number of amides is 1. The third-order valence-electron chi connectivity index (χ3n) is 1.91. The van der Waals surface area contributed by atoms with E-state index in [9.17, 15) is 18.0 Å². The molecule has 0 bridgehead atoms. The van der Waals surface area contributed by atoms with E-state index in [-0.39, 0.29) is 12.5 Å². The average molecular weight is 247 g/mol. The normalized spacial score (nSPS) is 11.2. The van der Waals surface area contributed by atoms with Gasteiger partial charge >= 0.3 is 6.18 Å². The Labute approximate surface area is 96.1 Å². The second kappa shape index (κ2) is 5.51. The zero-order valence-electron chi connectivity index (χ0n) is 9.00. The number of nitrogens with zero attached hydrogens (tertiary/aromatic N) is 2. The second-order valence-electron chi connectivity index (χ2n) is 3.32. The van der Waals surface area contributed by atoms with E-state index in [0.717, 1.165) is 16.9 Å². The summed E-state index contributed by atoms with van der Waals surface area (Å²) in [5.41, 5.74) is -1.00. The van der Waals surface area contributed by atoms with Crippen LogP contribution in [0.15, 0.2) is 24.9 Å². The number of alkyl halides is 3. The smallest absolute Gasteiger partial charge is 0.354 e. The number of nitrogens with one attached hydrogen (secondary N) is 1. The van der Waals surface area contributed by atoms with E-state index in [1.165, 1.54) is 0 Å². The maximum Gasteiger partial charge on any atom is 0.435 e. The number of hydrogen-bond donors (Lipinski definition) is 1. The van der Waals surface area contributed by atoms with Crippen LogP contribution in [-0.2, 0) is 17.5 Å². The number of halogens is 3. The molecular weight excluding hydrogens is 235 g/mol. The molecule has 0 unspecified atom stereocenters. The Kier molecular flexibility index (Phi) is 4.30. The Morgan fingerprint density at radius 3 is 2.82 bits per heavy atom. The van der Waals surface area contributed by atoms with Gasteiger partial charge in [0.15, 0.2) is 5.69 Å². The predicted octanol–water partition coefficient (Wildman–Crippen LogP) is 1.59. The summed E-state index contributed by atoms with van der Waals surface area (Å²) < 4.78 is 37.5. The summed E-state index contributed by atoms with van der Waals surface area (Å²) in [5.74, 6) is -0.385. The van der Waals surface area contributed by atoms with Gasteiger partial charge in [-0.3, -0.25) is 9.48 Å². The Morgan fingerprint density at radius 1 is 1.59 bits per heavy atom. The zero-order valence-corrected chi connectivity index (χ0v) is 9.00. The molecule has 1 aromatic heterocycles. The Morgan fingerprint density at radius 2 is 2.29 bits per heavy atom. The molecule has 0 aromatic carbocycles. The SMILES string of the molecule is C=CCCNC(=O)Cn1ccc(C(F)(F)F)n1. The first-order valence-electron chi connectivity index (χ1n) is 4.91. The quantitative estimate of drug-likeness (QED) is 0.634. The van der Waals surface area contributed by atoms with E-state index >= 15 is 0 Å². The highest BCUT2D eigenvalue weighted by atomic mass is 19.4. The first kappa shape index (κ1) is 13.3. The first-order valence-corrected chi connectivity index (χ1v) is 4.91. The topological polar surface area (TPSA) is 46.9 Å². The van der Waals surface area contributed by atoms with E-state index in [2.05, 4.69) is 17.0 Å². The molecule has 94 valence electrons. The van der Waals surface area contributed by atoms with Crippen molar-refractivity contribution < 1.29 is 18.0 Å². The fraction of sp³-hybridized carbons (Fsp3) is 0.400. The van der Waals surface area contributed by atoms with E-state index < -0.39 is 11.9 Å². The summed E-state index contributed by atoms with van der Waals surface area (Å²) in [5, 5.41) is 5.79. The van der Waals surface area contributed by atoms with Crippen molar-refractivity contribution >= 4 is 5.91 Å². The maximum atomic E-state index is 12.2. The van der Waals surface area contributed by atoms with Gasteiger partial charge in [-0.1, -0.05) is 6.08 Å². The molecule has 1 aromatic rings. The van der Waals surface area contributed by atoms with Gasteiger partial charge in [-0.15, -0.1) is 6.58 Å². The minimum Gasteiger partial charge on any atom is -0.354 e.